The third-order valence-corrected chi connectivity index (χ3v) is 5.67. The summed E-state index contributed by atoms with van der Waals surface area (Å²) >= 11 is 0. The summed E-state index contributed by atoms with van der Waals surface area (Å²) in [5.74, 6) is -1.84. The Bertz CT molecular complexity index is 869. The van der Waals surface area contributed by atoms with Crippen LogP contribution in [0.4, 0.5) is 8.78 Å². The van der Waals surface area contributed by atoms with E-state index in [0.29, 0.717) is 0 Å². The number of rotatable bonds is 3. The molecule has 0 bridgehead atoms. The number of carbonyl (C=O) groups excluding carboxylic acids is 1. The summed E-state index contributed by atoms with van der Waals surface area (Å²) in [4.78, 5) is 12.1. The van der Waals surface area contributed by atoms with Gasteiger partial charge < -0.3 is 5.32 Å². The molecule has 1 fully saturated rings. The summed E-state index contributed by atoms with van der Waals surface area (Å²) in [5.41, 5.74) is -0.0274. The van der Waals surface area contributed by atoms with Crippen molar-refractivity contribution < 1.29 is 22.0 Å². The molecule has 1 heterocycles. The molecule has 5 nitrogen and oxygen atoms in total. The largest absolute Gasteiger partial charge is 0.353 e. The predicted molar refractivity (Wildman–Crippen MR) is 82.4 cm³/mol. The molecule has 2 aromatic carbocycles. The SMILES string of the molecule is O=C1NCCN(S(=O)(=O)c2ccc(F)cc2)C1c1ccccc1F. The molecule has 1 aliphatic heterocycles. The molecule has 1 N–H and O–H groups in total. The zero-order chi connectivity index (χ0) is 17.3. The third kappa shape index (κ3) is 2.90. The Hall–Kier alpha value is -2.32. The first-order valence-corrected chi connectivity index (χ1v) is 8.65. The molecule has 0 radical (unpaired) electrons. The lowest BCUT2D eigenvalue weighted by Crippen LogP contribution is -2.52. The molecular weight excluding hydrogens is 338 g/mol. The second-order valence-corrected chi connectivity index (χ2v) is 7.18. The average Bonchev–Trinajstić information content (AvgIpc) is 2.56. The maximum absolute atomic E-state index is 14.1. The summed E-state index contributed by atoms with van der Waals surface area (Å²) in [6.07, 6.45) is 0. The maximum Gasteiger partial charge on any atom is 0.244 e. The van der Waals surface area contributed by atoms with Gasteiger partial charge in [-0.25, -0.2) is 17.2 Å². The number of sulfonamides is 1. The summed E-state index contributed by atoms with van der Waals surface area (Å²) in [6, 6.07) is 8.50. The molecule has 1 unspecified atom stereocenters. The molecule has 8 heteroatoms. The summed E-state index contributed by atoms with van der Waals surface area (Å²) in [7, 11) is -4.09. The van der Waals surface area contributed by atoms with Crippen LogP contribution in [0.3, 0.4) is 0 Å². The Kier molecular flexibility index (Phi) is 4.33. The monoisotopic (exact) mass is 352 g/mol. The molecule has 126 valence electrons. The van der Waals surface area contributed by atoms with Gasteiger partial charge in [-0.2, -0.15) is 4.31 Å². The summed E-state index contributed by atoms with van der Waals surface area (Å²) in [5, 5.41) is 2.55. The summed E-state index contributed by atoms with van der Waals surface area (Å²) < 4.78 is 53.8. The minimum atomic E-state index is -4.09. The smallest absolute Gasteiger partial charge is 0.244 e. The van der Waals surface area contributed by atoms with Crippen LogP contribution in [0, 0.1) is 11.6 Å². The van der Waals surface area contributed by atoms with Crippen molar-refractivity contribution in [2.75, 3.05) is 13.1 Å². The van der Waals surface area contributed by atoms with E-state index in [2.05, 4.69) is 5.32 Å². The molecule has 0 aromatic heterocycles. The van der Waals surface area contributed by atoms with Gasteiger partial charge in [-0.1, -0.05) is 18.2 Å². The molecule has 0 aliphatic carbocycles. The fraction of sp³-hybridized carbons (Fsp3) is 0.188. The van der Waals surface area contributed by atoms with Crippen LogP contribution in [0.5, 0.6) is 0 Å². The first kappa shape index (κ1) is 16.5. The van der Waals surface area contributed by atoms with Gasteiger partial charge in [-0.15, -0.1) is 0 Å². The molecule has 24 heavy (non-hydrogen) atoms. The van der Waals surface area contributed by atoms with Gasteiger partial charge in [0, 0.05) is 18.7 Å². The quantitative estimate of drug-likeness (QED) is 0.916. The fourth-order valence-electron chi connectivity index (χ4n) is 2.64. The molecule has 2 aromatic rings. The van der Waals surface area contributed by atoms with E-state index in [-0.39, 0.29) is 23.5 Å². The highest BCUT2D eigenvalue weighted by molar-refractivity contribution is 7.89. The maximum atomic E-state index is 14.1. The highest BCUT2D eigenvalue weighted by atomic mass is 32.2. The standard InChI is InChI=1S/C16H14F2N2O3S/c17-11-5-7-12(8-6-11)24(22,23)20-10-9-19-16(21)15(20)13-3-1-2-4-14(13)18/h1-8,15H,9-10H2,(H,19,21). The first-order valence-electron chi connectivity index (χ1n) is 7.21. The van der Waals surface area contributed by atoms with Crippen LogP contribution < -0.4 is 5.32 Å². The third-order valence-electron chi connectivity index (χ3n) is 3.79. The molecule has 1 atom stereocenters. The number of hydrogen-bond donors (Lipinski definition) is 1. The Labute approximate surface area is 138 Å². The van der Waals surface area contributed by atoms with Crippen LogP contribution in [-0.4, -0.2) is 31.7 Å². The lowest BCUT2D eigenvalue weighted by molar-refractivity contribution is -0.127. The van der Waals surface area contributed by atoms with Crippen LogP contribution >= 0.6 is 0 Å². The van der Waals surface area contributed by atoms with E-state index >= 15 is 0 Å². The van der Waals surface area contributed by atoms with E-state index in [0.717, 1.165) is 28.6 Å². The van der Waals surface area contributed by atoms with Crippen LogP contribution in [-0.2, 0) is 14.8 Å². The Morgan fingerprint density at radius 2 is 1.71 bits per heavy atom. The van der Waals surface area contributed by atoms with Gasteiger partial charge >= 0.3 is 0 Å². The van der Waals surface area contributed by atoms with Gasteiger partial charge in [-0.05, 0) is 30.3 Å². The molecule has 1 saturated heterocycles. The van der Waals surface area contributed by atoms with Crippen molar-refractivity contribution in [3.8, 4) is 0 Å². The molecule has 1 aliphatic rings. The number of nitrogens with one attached hydrogen (secondary N) is 1. The van der Waals surface area contributed by atoms with Gasteiger partial charge in [0.05, 0.1) is 4.90 Å². The van der Waals surface area contributed by atoms with Crippen molar-refractivity contribution in [3.63, 3.8) is 0 Å². The van der Waals surface area contributed by atoms with Gasteiger partial charge in [0.1, 0.15) is 17.7 Å². The van der Waals surface area contributed by atoms with Crippen LogP contribution in [0.2, 0.25) is 0 Å². The van der Waals surface area contributed by atoms with Crippen molar-refractivity contribution >= 4 is 15.9 Å². The Balaban J connectivity index is 2.08. The van der Waals surface area contributed by atoms with Crippen molar-refractivity contribution in [1.82, 2.24) is 9.62 Å². The van der Waals surface area contributed by atoms with Crippen LogP contribution in [0.15, 0.2) is 53.4 Å². The van der Waals surface area contributed by atoms with Crippen LogP contribution in [0.25, 0.3) is 0 Å². The van der Waals surface area contributed by atoms with Crippen molar-refractivity contribution in [2.45, 2.75) is 10.9 Å². The normalized spacial score (nSPS) is 19.1. The van der Waals surface area contributed by atoms with Gasteiger partial charge in [0.25, 0.3) is 0 Å². The van der Waals surface area contributed by atoms with E-state index in [1.807, 2.05) is 0 Å². The number of nitrogens with zero attached hydrogens (tertiary/aromatic N) is 1. The highest BCUT2D eigenvalue weighted by Gasteiger charge is 2.40. The highest BCUT2D eigenvalue weighted by Crippen LogP contribution is 2.31. The minimum Gasteiger partial charge on any atom is -0.353 e. The van der Waals surface area contributed by atoms with E-state index in [9.17, 15) is 22.0 Å². The topological polar surface area (TPSA) is 66.5 Å². The minimum absolute atomic E-state index is 0.00947. The predicted octanol–water partition coefficient (Wildman–Crippen LogP) is 1.83. The molecular formula is C16H14F2N2O3S. The van der Waals surface area contributed by atoms with E-state index in [1.54, 1.807) is 0 Å². The van der Waals surface area contributed by atoms with Crippen molar-refractivity contribution in [1.29, 1.82) is 0 Å². The average molecular weight is 352 g/mol. The lowest BCUT2D eigenvalue weighted by Gasteiger charge is -2.34. The molecule has 0 spiro atoms. The zero-order valence-electron chi connectivity index (χ0n) is 12.4. The van der Waals surface area contributed by atoms with Crippen molar-refractivity contribution in [3.05, 3.63) is 65.7 Å². The lowest BCUT2D eigenvalue weighted by atomic mass is 10.0. The first-order chi connectivity index (χ1) is 11.4. The van der Waals surface area contributed by atoms with E-state index in [4.69, 9.17) is 0 Å². The molecule has 3 rings (SSSR count). The second-order valence-electron chi connectivity index (χ2n) is 5.28. The molecule has 0 saturated carbocycles. The summed E-state index contributed by atoms with van der Waals surface area (Å²) in [6.45, 7) is 0.106. The number of halogens is 2. The van der Waals surface area contributed by atoms with Gasteiger partial charge in [-0.3, -0.25) is 4.79 Å². The van der Waals surface area contributed by atoms with Gasteiger partial charge in [0.15, 0.2) is 0 Å². The zero-order valence-corrected chi connectivity index (χ0v) is 13.3. The number of benzene rings is 2. The molecule has 1 amide bonds. The van der Waals surface area contributed by atoms with Crippen molar-refractivity contribution in [2.24, 2.45) is 0 Å². The van der Waals surface area contributed by atoms with E-state index in [1.165, 1.54) is 24.3 Å². The number of amides is 1. The number of piperazine rings is 1. The Morgan fingerprint density at radius 3 is 2.38 bits per heavy atom. The van der Waals surface area contributed by atoms with E-state index < -0.39 is 33.6 Å². The fourth-order valence-corrected chi connectivity index (χ4v) is 4.21. The Morgan fingerprint density at radius 1 is 1.04 bits per heavy atom. The second kappa shape index (κ2) is 6.29. The van der Waals surface area contributed by atoms with Gasteiger partial charge in [0.2, 0.25) is 15.9 Å². The number of hydrogen-bond acceptors (Lipinski definition) is 3. The van der Waals surface area contributed by atoms with Crippen LogP contribution in [0.1, 0.15) is 11.6 Å². The number of carbonyl (C=O) groups is 1.